The number of pyridine rings is 1. The predicted molar refractivity (Wildman–Crippen MR) is 89.7 cm³/mol. The second-order valence-corrected chi connectivity index (χ2v) is 5.39. The molecule has 0 spiro atoms. The number of carbonyl (C=O) groups excluding carboxylic acids is 1. The average molecular weight is 356 g/mol. The molecule has 1 aromatic carbocycles. The number of rotatable bonds is 6. The molecule has 0 saturated carbocycles. The topological polar surface area (TPSA) is 83.5 Å². The van der Waals surface area contributed by atoms with E-state index in [1.807, 2.05) is 0 Å². The van der Waals surface area contributed by atoms with Gasteiger partial charge in [-0.3, -0.25) is 4.79 Å². The van der Waals surface area contributed by atoms with E-state index in [4.69, 9.17) is 27.9 Å². The molecule has 0 fully saturated rings. The fourth-order valence-electron chi connectivity index (χ4n) is 1.82. The maximum Gasteiger partial charge on any atom is 0.255 e. The summed E-state index contributed by atoms with van der Waals surface area (Å²) in [6.45, 7) is 0.723. The van der Waals surface area contributed by atoms with Crippen LogP contribution in [0.3, 0.4) is 0 Å². The molecule has 122 valence electrons. The first kappa shape index (κ1) is 17.2. The van der Waals surface area contributed by atoms with E-state index in [2.05, 4.69) is 15.6 Å². The molecular weight excluding hydrogens is 341 g/mol. The molecule has 0 aliphatic carbocycles. The zero-order chi connectivity index (χ0) is 16.8. The number of hydrogen-bond acceptors (Lipinski definition) is 5. The molecular formula is C15H15Cl2N3O3. The van der Waals surface area contributed by atoms with Gasteiger partial charge in [-0.05, 0) is 24.3 Å². The molecule has 0 atom stereocenters. The standard InChI is InChI=1S/C15H15Cl2N3O3/c1-23-10-2-3-13(21)11(7-10)15(22)19-5-4-18-14-12(17)6-9(16)8-20-14/h2-3,6-8,21H,4-5H2,1H3,(H,18,20)(H,19,22). The normalized spacial score (nSPS) is 10.2. The second kappa shape index (κ2) is 7.89. The maximum atomic E-state index is 12.0. The molecule has 1 heterocycles. The Morgan fingerprint density at radius 1 is 1.30 bits per heavy atom. The molecule has 23 heavy (non-hydrogen) atoms. The maximum absolute atomic E-state index is 12.0. The molecule has 6 nitrogen and oxygen atoms in total. The Hall–Kier alpha value is -2.18. The Morgan fingerprint density at radius 3 is 2.78 bits per heavy atom. The first-order valence-corrected chi connectivity index (χ1v) is 7.47. The van der Waals surface area contributed by atoms with Crippen LogP contribution in [0, 0.1) is 0 Å². The molecule has 1 aromatic heterocycles. The highest BCUT2D eigenvalue weighted by Crippen LogP contribution is 2.23. The van der Waals surface area contributed by atoms with Crippen molar-refractivity contribution in [3.05, 3.63) is 46.1 Å². The van der Waals surface area contributed by atoms with E-state index in [9.17, 15) is 9.90 Å². The van der Waals surface area contributed by atoms with E-state index >= 15 is 0 Å². The minimum absolute atomic E-state index is 0.112. The smallest absolute Gasteiger partial charge is 0.255 e. The van der Waals surface area contributed by atoms with Crippen molar-refractivity contribution in [1.29, 1.82) is 0 Å². The van der Waals surface area contributed by atoms with Gasteiger partial charge in [-0.1, -0.05) is 23.2 Å². The minimum Gasteiger partial charge on any atom is -0.507 e. The number of aromatic nitrogens is 1. The van der Waals surface area contributed by atoms with Crippen LogP contribution in [0.4, 0.5) is 5.82 Å². The van der Waals surface area contributed by atoms with Crippen LogP contribution in [-0.4, -0.2) is 36.2 Å². The lowest BCUT2D eigenvalue weighted by atomic mass is 10.1. The quantitative estimate of drug-likeness (QED) is 0.693. The largest absolute Gasteiger partial charge is 0.507 e. The molecule has 0 unspecified atom stereocenters. The van der Waals surface area contributed by atoms with Gasteiger partial charge in [0.15, 0.2) is 0 Å². The van der Waals surface area contributed by atoms with Crippen molar-refractivity contribution in [3.63, 3.8) is 0 Å². The van der Waals surface area contributed by atoms with Crippen LogP contribution in [0.1, 0.15) is 10.4 Å². The molecule has 0 bridgehead atoms. The highest BCUT2D eigenvalue weighted by Gasteiger charge is 2.12. The summed E-state index contributed by atoms with van der Waals surface area (Å²) >= 11 is 11.7. The molecule has 2 aromatic rings. The Labute approximate surface area is 143 Å². The van der Waals surface area contributed by atoms with E-state index in [0.717, 1.165) is 0 Å². The highest BCUT2D eigenvalue weighted by molar-refractivity contribution is 6.35. The Balaban J connectivity index is 1.87. The molecule has 0 aliphatic heterocycles. The molecule has 0 radical (unpaired) electrons. The third kappa shape index (κ3) is 4.64. The number of halogens is 2. The van der Waals surface area contributed by atoms with Crippen molar-refractivity contribution in [3.8, 4) is 11.5 Å². The van der Waals surface area contributed by atoms with Crippen LogP contribution >= 0.6 is 23.2 Å². The summed E-state index contributed by atoms with van der Waals surface area (Å²) in [4.78, 5) is 16.1. The fourth-order valence-corrected chi connectivity index (χ4v) is 2.27. The first-order chi connectivity index (χ1) is 11.0. The van der Waals surface area contributed by atoms with Gasteiger partial charge in [-0.2, -0.15) is 0 Å². The zero-order valence-electron chi connectivity index (χ0n) is 12.3. The van der Waals surface area contributed by atoms with Gasteiger partial charge in [0.05, 0.1) is 22.7 Å². The lowest BCUT2D eigenvalue weighted by Crippen LogP contribution is -2.29. The van der Waals surface area contributed by atoms with E-state index in [1.54, 1.807) is 12.1 Å². The van der Waals surface area contributed by atoms with Gasteiger partial charge in [0, 0.05) is 19.3 Å². The second-order valence-electron chi connectivity index (χ2n) is 4.55. The van der Waals surface area contributed by atoms with Crippen LogP contribution in [0.15, 0.2) is 30.5 Å². The third-order valence-corrected chi connectivity index (χ3v) is 3.45. The molecule has 8 heteroatoms. The molecule has 1 amide bonds. The summed E-state index contributed by atoms with van der Waals surface area (Å²) in [6.07, 6.45) is 1.47. The van der Waals surface area contributed by atoms with Crippen LogP contribution < -0.4 is 15.4 Å². The van der Waals surface area contributed by atoms with E-state index in [1.165, 1.54) is 25.4 Å². The fraction of sp³-hybridized carbons (Fsp3) is 0.200. The number of anilines is 1. The Morgan fingerprint density at radius 2 is 2.09 bits per heavy atom. The van der Waals surface area contributed by atoms with E-state index in [0.29, 0.717) is 34.7 Å². The number of nitrogens with one attached hydrogen (secondary N) is 2. The van der Waals surface area contributed by atoms with Crippen LogP contribution in [0.2, 0.25) is 10.0 Å². The average Bonchev–Trinajstić information content (AvgIpc) is 2.53. The summed E-state index contributed by atoms with van der Waals surface area (Å²) in [5.74, 6) is 0.454. The SMILES string of the molecule is COc1ccc(O)c(C(=O)NCCNc2ncc(Cl)cc2Cl)c1. The van der Waals surface area contributed by atoms with Crippen LogP contribution in [0.5, 0.6) is 11.5 Å². The molecule has 0 aliphatic rings. The third-order valence-electron chi connectivity index (χ3n) is 2.96. The number of methoxy groups -OCH3 is 1. The monoisotopic (exact) mass is 355 g/mol. The number of hydrogen-bond donors (Lipinski definition) is 3. The number of benzene rings is 1. The van der Waals surface area contributed by atoms with Gasteiger partial charge < -0.3 is 20.5 Å². The van der Waals surface area contributed by atoms with Gasteiger partial charge in [0.25, 0.3) is 5.91 Å². The Kier molecular flexibility index (Phi) is 5.90. The van der Waals surface area contributed by atoms with Crippen molar-refractivity contribution < 1.29 is 14.6 Å². The number of aromatic hydroxyl groups is 1. The molecule has 2 rings (SSSR count). The van der Waals surface area contributed by atoms with E-state index < -0.39 is 5.91 Å². The Bertz CT molecular complexity index is 710. The lowest BCUT2D eigenvalue weighted by molar-refractivity contribution is 0.0952. The summed E-state index contributed by atoms with van der Waals surface area (Å²) in [7, 11) is 1.49. The highest BCUT2D eigenvalue weighted by atomic mass is 35.5. The predicted octanol–water partition coefficient (Wildman–Crippen LogP) is 2.94. The van der Waals surface area contributed by atoms with Crippen molar-refractivity contribution in [2.75, 3.05) is 25.5 Å². The van der Waals surface area contributed by atoms with Crippen molar-refractivity contribution in [2.24, 2.45) is 0 Å². The van der Waals surface area contributed by atoms with Gasteiger partial charge >= 0.3 is 0 Å². The van der Waals surface area contributed by atoms with Crippen LogP contribution in [-0.2, 0) is 0 Å². The number of phenolic OH excluding ortho intramolecular Hbond substituents is 1. The molecule has 3 N–H and O–H groups in total. The van der Waals surface area contributed by atoms with Gasteiger partial charge in [-0.15, -0.1) is 0 Å². The van der Waals surface area contributed by atoms with Crippen LogP contribution in [0.25, 0.3) is 0 Å². The number of carbonyl (C=O) groups is 1. The summed E-state index contributed by atoms with van der Waals surface area (Å²) in [5.41, 5.74) is 0.145. The number of nitrogens with zero attached hydrogens (tertiary/aromatic N) is 1. The number of phenols is 1. The summed E-state index contributed by atoms with van der Waals surface area (Å²) in [5, 5.41) is 16.2. The number of amides is 1. The van der Waals surface area contributed by atoms with Gasteiger partial charge in [-0.25, -0.2) is 4.98 Å². The van der Waals surface area contributed by atoms with Crippen molar-refractivity contribution in [2.45, 2.75) is 0 Å². The zero-order valence-corrected chi connectivity index (χ0v) is 13.8. The van der Waals surface area contributed by atoms with E-state index in [-0.39, 0.29) is 11.3 Å². The first-order valence-electron chi connectivity index (χ1n) is 6.71. The minimum atomic E-state index is -0.404. The van der Waals surface area contributed by atoms with Gasteiger partial charge in [0.1, 0.15) is 17.3 Å². The molecule has 0 saturated heterocycles. The van der Waals surface area contributed by atoms with Gasteiger partial charge in [0.2, 0.25) is 0 Å². The summed E-state index contributed by atoms with van der Waals surface area (Å²) < 4.78 is 5.03. The van der Waals surface area contributed by atoms with Crippen molar-refractivity contribution in [1.82, 2.24) is 10.3 Å². The summed E-state index contributed by atoms with van der Waals surface area (Å²) in [6, 6.07) is 6.02. The van der Waals surface area contributed by atoms with Crippen molar-refractivity contribution >= 4 is 34.9 Å². The lowest BCUT2D eigenvalue weighted by Gasteiger charge is -2.10. The number of ether oxygens (including phenoxy) is 1.